The van der Waals surface area contributed by atoms with Crippen LogP contribution in [0.15, 0.2) is 94.8 Å². The summed E-state index contributed by atoms with van der Waals surface area (Å²) in [6.07, 6.45) is 0. The van der Waals surface area contributed by atoms with Crippen LogP contribution < -0.4 is 15.8 Å². The summed E-state index contributed by atoms with van der Waals surface area (Å²) in [6.45, 7) is 0.376. The summed E-state index contributed by atoms with van der Waals surface area (Å²) in [5, 5.41) is 3.03. The molecule has 6 heteroatoms. The van der Waals surface area contributed by atoms with Gasteiger partial charge in [-0.05, 0) is 36.4 Å². The van der Waals surface area contributed by atoms with E-state index in [0.717, 1.165) is 16.3 Å². The fourth-order valence-electron chi connectivity index (χ4n) is 2.39. The summed E-state index contributed by atoms with van der Waals surface area (Å²) in [6, 6.07) is 26.4. The molecule has 0 radical (unpaired) electrons. The maximum Gasteiger partial charge on any atom is 0.193 e. The van der Waals surface area contributed by atoms with Crippen LogP contribution in [0.2, 0.25) is 0 Å². The first-order chi connectivity index (χ1) is 13.2. The summed E-state index contributed by atoms with van der Waals surface area (Å²) in [5.41, 5.74) is 6.70. The lowest BCUT2D eigenvalue weighted by Crippen LogP contribution is -2.23. The topological polar surface area (TPSA) is 76.7 Å². The highest BCUT2D eigenvalue weighted by atomic mass is 32.2. The Morgan fingerprint density at radius 1 is 0.926 bits per heavy atom. The van der Waals surface area contributed by atoms with Gasteiger partial charge in [0.25, 0.3) is 0 Å². The Balaban J connectivity index is 1.54. The summed E-state index contributed by atoms with van der Waals surface area (Å²) in [4.78, 5) is 5.04. The van der Waals surface area contributed by atoms with Gasteiger partial charge in [0.2, 0.25) is 0 Å². The normalized spacial score (nSPS) is 12.4. The number of ether oxygens (including phenoxy) is 1. The molecule has 0 heterocycles. The fraction of sp³-hybridized carbons (Fsp3) is 0.0952. The number of anilines is 1. The van der Waals surface area contributed by atoms with Gasteiger partial charge in [-0.15, -0.1) is 0 Å². The first kappa shape index (κ1) is 18.7. The lowest BCUT2D eigenvalue weighted by atomic mass is 10.3. The first-order valence-corrected chi connectivity index (χ1v) is 9.86. The van der Waals surface area contributed by atoms with E-state index in [1.165, 1.54) is 0 Å². The standard InChI is InChI=1S/C21H21N3O2S/c22-21(23-14-15-27(25)20-12-5-2-6-13-20)24-17-8-7-11-19(16-17)26-18-9-3-1-4-10-18/h1-13,16H,14-15H2,(H3,22,23,24). The van der Waals surface area contributed by atoms with Crippen LogP contribution in [0.5, 0.6) is 11.5 Å². The average molecular weight is 379 g/mol. The van der Waals surface area contributed by atoms with Crippen molar-refractivity contribution in [1.82, 2.24) is 0 Å². The molecule has 3 aromatic carbocycles. The van der Waals surface area contributed by atoms with Crippen molar-refractivity contribution in [3.05, 3.63) is 84.9 Å². The van der Waals surface area contributed by atoms with Gasteiger partial charge in [0.05, 0.1) is 17.3 Å². The molecule has 1 unspecified atom stereocenters. The van der Waals surface area contributed by atoms with E-state index in [-0.39, 0.29) is 5.96 Å². The largest absolute Gasteiger partial charge is 0.457 e. The molecule has 0 spiro atoms. The Kier molecular flexibility index (Phi) is 6.60. The zero-order valence-electron chi connectivity index (χ0n) is 14.7. The molecule has 3 N–H and O–H groups in total. The third-order valence-corrected chi connectivity index (χ3v) is 5.00. The lowest BCUT2D eigenvalue weighted by molar-refractivity contribution is 0.483. The summed E-state index contributed by atoms with van der Waals surface area (Å²) < 4.78 is 18.0. The maximum absolute atomic E-state index is 12.2. The summed E-state index contributed by atoms with van der Waals surface area (Å²) in [7, 11) is -1.08. The predicted octanol–water partition coefficient (Wildman–Crippen LogP) is 4.01. The quantitative estimate of drug-likeness (QED) is 0.480. The fourth-order valence-corrected chi connectivity index (χ4v) is 3.34. The zero-order valence-corrected chi connectivity index (χ0v) is 15.6. The van der Waals surface area contributed by atoms with Gasteiger partial charge in [-0.3, -0.25) is 9.20 Å². The SMILES string of the molecule is NC(=NCCS(=O)c1ccccc1)Nc1cccc(Oc2ccccc2)c1. The van der Waals surface area contributed by atoms with E-state index >= 15 is 0 Å². The second-order valence-corrected chi connectivity index (χ2v) is 7.27. The number of para-hydroxylation sites is 1. The molecule has 0 amide bonds. The van der Waals surface area contributed by atoms with Crippen LogP contribution >= 0.6 is 0 Å². The van der Waals surface area contributed by atoms with Crippen LogP contribution in [0.4, 0.5) is 5.69 Å². The number of benzene rings is 3. The highest BCUT2D eigenvalue weighted by molar-refractivity contribution is 7.85. The molecule has 0 fully saturated rings. The van der Waals surface area contributed by atoms with Crippen LogP contribution in [0.1, 0.15) is 0 Å². The molecular weight excluding hydrogens is 358 g/mol. The molecular formula is C21H21N3O2S. The van der Waals surface area contributed by atoms with Gasteiger partial charge in [0, 0.05) is 22.4 Å². The number of rotatable bonds is 7. The molecule has 0 aromatic heterocycles. The van der Waals surface area contributed by atoms with Crippen molar-refractivity contribution in [1.29, 1.82) is 0 Å². The van der Waals surface area contributed by atoms with Crippen LogP contribution in [0, 0.1) is 0 Å². The number of nitrogens with two attached hydrogens (primary N) is 1. The second-order valence-electron chi connectivity index (χ2n) is 5.70. The Morgan fingerprint density at radius 2 is 1.59 bits per heavy atom. The van der Waals surface area contributed by atoms with Gasteiger partial charge in [-0.25, -0.2) is 0 Å². The number of aliphatic imine (C=N–C) groups is 1. The molecule has 3 rings (SSSR count). The lowest BCUT2D eigenvalue weighted by Gasteiger charge is -2.09. The summed E-state index contributed by atoms with van der Waals surface area (Å²) in [5.74, 6) is 2.16. The van der Waals surface area contributed by atoms with Crippen molar-refractivity contribution < 1.29 is 8.95 Å². The van der Waals surface area contributed by atoms with Crippen molar-refractivity contribution in [2.45, 2.75) is 4.90 Å². The monoisotopic (exact) mass is 379 g/mol. The van der Waals surface area contributed by atoms with E-state index in [9.17, 15) is 4.21 Å². The van der Waals surface area contributed by atoms with Crippen molar-refractivity contribution in [2.75, 3.05) is 17.6 Å². The molecule has 0 aliphatic rings. The van der Waals surface area contributed by atoms with Gasteiger partial charge in [0.15, 0.2) is 5.96 Å². The maximum atomic E-state index is 12.2. The van der Waals surface area contributed by atoms with Crippen LogP contribution in [-0.2, 0) is 10.8 Å². The first-order valence-electron chi connectivity index (χ1n) is 8.54. The van der Waals surface area contributed by atoms with Crippen molar-refractivity contribution in [3.8, 4) is 11.5 Å². The Bertz CT molecular complexity index is 915. The predicted molar refractivity (Wildman–Crippen MR) is 111 cm³/mol. The van der Waals surface area contributed by atoms with E-state index in [2.05, 4.69) is 10.3 Å². The van der Waals surface area contributed by atoms with Gasteiger partial charge in [-0.2, -0.15) is 0 Å². The van der Waals surface area contributed by atoms with Crippen LogP contribution in [0.3, 0.4) is 0 Å². The van der Waals surface area contributed by atoms with E-state index in [0.29, 0.717) is 18.0 Å². The van der Waals surface area contributed by atoms with E-state index in [1.54, 1.807) is 0 Å². The molecule has 27 heavy (non-hydrogen) atoms. The summed E-state index contributed by atoms with van der Waals surface area (Å²) >= 11 is 0. The van der Waals surface area contributed by atoms with Crippen LogP contribution in [0.25, 0.3) is 0 Å². The van der Waals surface area contributed by atoms with E-state index < -0.39 is 10.8 Å². The van der Waals surface area contributed by atoms with Crippen molar-refractivity contribution >= 4 is 22.4 Å². The molecule has 0 saturated carbocycles. The van der Waals surface area contributed by atoms with Gasteiger partial charge >= 0.3 is 0 Å². The molecule has 3 aromatic rings. The average Bonchev–Trinajstić information content (AvgIpc) is 2.69. The van der Waals surface area contributed by atoms with Gasteiger partial charge in [-0.1, -0.05) is 42.5 Å². The van der Waals surface area contributed by atoms with Crippen molar-refractivity contribution in [2.24, 2.45) is 10.7 Å². The minimum atomic E-state index is -1.08. The van der Waals surface area contributed by atoms with E-state index in [1.807, 2.05) is 84.9 Å². The Hall–Kier alpha value is -3.12. The molecule has 1 atom stereocenters. The number of hydrogen-bond acceptors (Lipinski definition) is 3. The van der Waals surface area contributed by atoms with Gasteiger partial charge in [0.1, 0.15) is 11.5 Å². The molecule has 0 aliphatic heterocycles. The number of nitrogens with one attached hydrogen (secondary N) is 1. The Morgan fingerprint density at radius 3 is 2.33 bits per heavy atom. The highest BCUT2D eigenvalue weighted by Crippen LogP contribution is 2.23. The zero-order chi connectivity index (χ0) is 18.9. The van der Waals surface area contributed by atoms with E-state index in [4.69, 9.17) is 10.5 Å². The second kappa shape index (κ2) is 9.54. The smallest absolute Gasteiger partial charge is 0.193 e. The minimum absolute atomic E-state index is 0.275. The molecule has 0 aliphatic carbocycles. The molecule has 138 valence electrons. The Labute approximate surface area is 161 Å². The third-order valence-electron chi connectivity index (χ3n) is 3.65. The third kappa shape index (κ3) is 5.97. The number of hydrogen-bond donors (Lipinski definition) is 2. The number of nitrogens with zero attached hydrogens (tertiary/aromatic N) is 1. The highest BCUT2D eigenvalue weighted by Gasteiger charge is 2.03. The van der Waals surface area contributed by atoms with Gasteiger partial charge < -0.3 is 15.8 Å². The molecule has 0 saturated heterocycles. The van der Waals surface area contributed by atoms with Crippen LogP contribution in [-0.4, -0.2) is 22.5 Å². The molecule has 0 bridgehead atoms. The minimum Gasteiger partial charge on any atom is -0.457 e. The van der Waals surface area contributed by atoms with Crippen molar-refractivity contribution in [3.63, 3.8) is 0 Å². The number of guanidine groups is 1. The molecule has 5 nitrogen and oxygen atoms in total.